The highest BCUT2D eigenvalue weighted by molar-refractivity contribution is 7.85. The molecule has 0 atom stereocenters. The van der Waals surface area contributed by atoms with Crippen molar-refractivity contribution in [2.75, 3.05) is 18.0 Å². The molecule has 3 heterocycles. The molecular weight excluding hydrogens is 400 g/mol. The standard InChI is InChI=1S/C19H14N2O5S2/c22-19-14(8-11-2-3-12(9-16(11)26-19)21-6-1-7-21)18-20-15-5-4-13(28(23,24)25)10-17(15)27-18/h2-5,8-10H,1,6-7H2,(H,23,24,25). The molecule has 2 aromatic carbocycles. The molecule has 0 bridgehead atoms. The smallest absolute Gasteiger partial charge is 0.346 e. The fourth-order valence-corrected chi connectivity index (χ4v) is 4.79. The molecule has 1 N–H and O–H groups in total. The van der Waals surface area contributed by atoms with E-state index in [4.69, 9.17) is 4.42 Å². The van der Waals surface area contributed by atoms with Crippen molar-refractivity contribution in [2.24, 2.45) is 0 Å². The summed E-state index contributed by atoms with van der Waals surface area (Å²) >= 11 is 1.17. The van der Waals surface area contributed by atoms with Crippen LogP contribution in [0.3, 0.4) is 0 Å². The van der Waals surface area contributed by atoms with E-state index in [1.165, 1.54) is 29.5 Å². The van der Waals surface area contributed by atoms with Gasteiger partial charge >= 0.3 is 5.63 Å². The molecule has 0 radical (unpaired) electrons. The molecular formula is C19H14N2O5S2. The van der Waals surface area contributed by atoms with Crippen molar-refractivity contribution in [1.29, 1.82) is 0 Å². The van der Waals surface area contributed by atoms with Crippen molar-refractivity contribution in [1.82, 2.24) is 4.98 Å². The Morgan fingerprint density at radius 1 is 1.11 bits per heavy atom. The van der Waals surface area contributed by atoms with Gasteiger partial charge in [-0.25, -0.2) is 9.78 Å². The minimum absolute atomic E-state index is 0.209. The molecule has 2 aromatic heterocycles. The van der Waals surface area contributed by atoms with Crippen molar-refractivity contribution < 1.29 is 17.4 Å². The summed E-state index contributed by atoms with van der Waals surface area (Å²) in [5, 5.41) is 1.22. The summed E-state index contributed by atoms with van der Waals surface area (Å²) < 4.78 is 37.9. The van der Waals surface area contributed by atoms with Gasteiger partial charge in [0.1, 0.15) is 10.6 Å². The minimum Gasteiger partial charge on any atom is -0.422 e. The van der Waals surface area contributed by atoms with Crippen LogP contribution in [0.15, 0.2) is 56.6 Å². The minimum atomic E-state index is -4.30. The van der Waals surface area contributed by atoms with Crippen LogP contribution in [0.4, 0.5) is 5.69 Å². The van der Waals surface area contributed by atoms with Gasteiger partial charge in [-0.05, 0) is 42.8 Å². The van der Waals surface area contributed by atoms with Crippen LogP contribution in [0.5, 0.6) is 0 Å². The molecule has 0 aliphatic carbocycles. The first-order valence-electron chi connectivity index (χ1n) is 8.60. The molecule has 1 fully saturated rings. The molecule has 0 amide bonds. The van der Waals surface area contributed by atoms with E-state index in [1.54, 1.807) is 6.07 Å². The molecule has 142 valence electrons. The van der Waals surface area contributed by atoms with E-state index in [9.17, 15) is 17.8 Å². The lowest BCUT2D eigenvalue weighted by atomic mass is 10.1. The van der Waals surface area contributed by atoms with Crippen LogP contribution in [0.25, 0.3) is 31.8 Å². The Bertz CT molecular complexity index is 1400. The van der Waals surface area contributed by atoms with E-state index in [2.05, 4.69) is 9.88 Å². The summed E-state index contributed by atoms with van der Waals surface area (Å²) in [4.78, 5) is 19.0. The van der Waals surface area contributed by atoms with Crippen LogP contribution in [-0.4, -0.2) is 31.0 Å². The van der Waals surface area contributed by atoms with Gasteiger partial charge in [-0.3, -0.25) is 4.55 Å². The van der Waals surface area contributed by atoms with Crippen LogP contribution in [0.2, 0.25) is 0 Å². The summed E-state index contributed by atoms with van der Waals surface area (Å²) in [7, 11) is -4.30. The summed E-state index contributed by atoms with van der Waals surface area (Å²) in [5.74, 6) is 0. The van der Waals surface area contributed by atoms with Gasteiger partial charge in [0.2, 0.25) is 0 Å². The van der Waals surface area contributed by atoms with Gasteiger partial charge in [0.05, 0.1) is 20.7 Å². The Hall–Kier alpha value is -2.75. The maximum Gasteiger partial charge on any atom is 0.346 e. The molecule has 7 nitrogen and oxygen atoms in total. The van der Waals surface area contributed by atoms with E-state index in [0.29, 0.717) is 26.4 Å². The van der Waals surface area contributed by atoms with Crippen molar-refractivity contribution >= 4 is 48.3 Å². The molecule has 0 spiro atoms. The number of benzene rings is 2. The van der Waals surface area contributed by atoms with E-state index in [0.717, 1.165) is 30.6 Å². The zero-order chi connectivity index (χ0) is 19.5. The zero-order valence-electron chi connectivity index (χ0n) is 14.5. The average Bonchev–Trinajstić information content (AvgIpc) is 3.01. The second-order valence-corrected chi connectivity index (χ2v) is 9.09. The highest BCUT2D eigenvalue weighted by atomic mass is 32.2. The first kappa shape index (κ1) is 17.4. The van der Waals surface area contributed by atoms with Crippen LogP contribution in [0.1, 0.15) is 6.42 Å². The molecule has 1 saturated heterocycles. The van der Waals surface area contributed by atoms with Crippen molar-refractivity contribution in [3.63, 3.8) is 0 Å². The van der Waals surface area contributed by atoms with Gasteiger partial charge in [0.15, 0.2) is 0 Å². The van der Waals surface area contributed by atoms with E-state index < -0.39 is 15.7 Å². The number of fused-ring (bicyclic) bond motifs is 2. The Morgan fingerprint density at radius 2 is 1.93 bits per heavy atom. The third kappa shape index (κ3) is 2.88. The Kier molecular flexibility index (Phi) is 3.80. The van der Waals surface area contributed by atoms with Crippen molar-refractivity contribution in [2.45, 2.75) is 11.3 Å². The predicted molar refractivity (Wildman–Crippen MR) is 108 cm³/mol. The van der Waals surface area contributed by atoms with Crippen LogP contribution in [0, 0.1) is 0 Å². The fraction of sp³-hybridized carbons (Fsp3) is 0.158. The monoisotopic (exact) mass is 414 g/mol. The Balaban J connectivity index is 1.61. The van der Waals surface area contributed by atoms with Crippen LogP contribution >= 0.6 is 11.3 Å². The molecule has 0 unspecified atom stereocenters. The maximum atomic E-state index is 12.6. The Morgan fingerprint density at radius 3 is 2.64 bits per heavy atom. The van der Waals surface area contributed by atoms with Gasteiger partial charge in [-0.15, -0.1) is 11.3 Å². The molecule has 4 aromatic rings. The lowest BCUT2D eigenvalue weighted by molar-refractivity contribution is 0.483. The molecule has 0 saturated carbocycles. The molecule has 9 heteroatoms. The maximum absolute atomic E-state index is 12.6. The zero-order valence-corrected chi connectivity index (χ0v) is 16.1. The van der Waals surface area contributed by atoms with Gasteiger partial charge in [0, 0.05) is 30.2 Å². The molecule has 28 heavy (non-hydrogen) atoms. The van der Waals surface area contributed by atoms with E-state index in [-0.39, 0.29) is 4.90 Å². The number of hydrogen-bond acceptors (Lipinski definition) is 7. The average molecular weight is 414 g/mol. The molecule has 5 rings (SSSR count). The first-order chi connectivity index (χ1) is 13.4. The highest BCUT2D eigenvalue weighted by Crippen LogP contribution is 2.32. The van der Waals surface area contributed by atoms with E-state index in [1.807, 2.05) is 18.2 Å². The number of anilines is 1. The molecule has 1 aliphatic heterocycles. The summed E-state index contributed by atoms with van der Waals surface area (Å²) in [6, 6.07) is 11.6. The number of nitrogens with zero attached hydrogens (tertiary/aromatic N) is 2. The quantitative estimate of drug-likeness (QED) is 0.404. The number of hydrogen-bond donors (Lipinski definition) is 1. The third-order valence-corrected chi connectivity index (χ3v) is 6.73. The Labute approximate surface area is 163 Å². The van der Waals surface area contributed by atoms with Crippen LogP contribution < -0.4 is 10.5 Å². The van der Waals surface area contributed by atoms with Gasteiger partial charge in [0.25, 0.3) is 10.1 Å². The topological polar surface area (TPSA) is 101 Å². The second-order valence-electron chi connectivity index (χ2n) is 6.63. The predicted octanol–water partition coefficient (Wildman–Crippen LogP) is 3.53. The SMILES string of the molecule is O=c1oc2cc(N3CCC3)ccc2cc1-c1nc2ccc(S(=O)(=O)O)cc2s1. The molecule has 1 aliphatic rings. The van der Waals surface area contributed by atoms with Crippen molar-refractivity contribution in [3.05, 3.63) is 52.9 Å². The lowest BCUT2D eigenvalue weighted by Gasteiger charge is -2.33. The fourth-order valence-electron chi connectivity index (χ4n) is 3.20. The number of aromatic nitrogens is 1. The highest BCUT2D eigenvalue weighted by Gasteiger charge is 2.18. The second kappa shape index (κ2) is 6.13. The lowest BCUT2D eigenvalue weighted by Crippen LogP contribution is -2.36. The first-order valence-corrected chi connectivity index (χ1v) is 10.9. The van der Waals surface area contributed by atoms with Gasteiger partial charge in [-0.1, -0.05) is 0 Å². The van der Waals surface area contributed by atoms with Crippen LogP contribution in [-0.2, 0) is 10.1 Å². The number of rotatable bonds is 3. The van der Waals surface area contributed by atoms with E-state index >= 15 is 0 Å². The summed E-state index contributed by atoms with van der Waals surface area (Å²) in [6.45, 7) is 2.01. The summed E-state index contributed by atoms with van der Waals surface area (Å²) in [5.41, 5.74) is 1.92. The summed E-state index contributed by atoms with van der Waals surface area (Å²) in [6.07, 6.45) is 1.16. The van der Waals surface area contributed by atoms with Gasteiger partial charge in [-0.2, -0.15) is 8.42 Å². The largest absolute Gasteiger partial charge is 0.422 e. The van der Waals surface area contributed by atoms with Crippen molar-refractivity contribution in [3.8, 4) is 10.6 Å². The van der Waals surface area contributed by atoms with Gasteiger partial charge < -0.3 is 9.32 Å². The normalized spacial score (nSPS) is 14.5. The number of thiazole rings is 1. The third-order valence-electron chi connectivity index (χ3n) is 4.83.